The van der Waals surface area contributed by atoms with Gasteiger partial charge in [-0.15, -0.1) is 0 Å². The number of phenolic OH excluding ortho intramolecular Hbond substituents is 2. The standard InChI is InChI=1S/C24H21N3O7/c1-10-20(29)18(12(3)28)22-19(21(10)30)24(4)16(34-22)9-15-17(23(24)31)11(2)25-26(15)13-5-7-14(8-6-13)27(32)33/h5-9,27,29-30,32H,1-4H3/t24-/m0/s1. The normalized spacial score (nSPS) is 19.1. The molecule has 2 atom stereocenters. The van der Waals surface area contributed by atoms with E-state index in [1.807, 2.05) is 0 Å². The topological polar surface area (TPSA) is 149 Å². The summed E-state index contributed by atoms with van der Waals surface area (Å²) in [4.78, 5) is 26.2. The van der Waals surface area contributed by atoms with Gasteiger partial charge in [0.1, 0.15) is 34.0 Å². The van der Waals surface area contributed by atoms with E-state index >= 15 is 0 Å². The average molecular weight is 463 g/mol. The number of aromatic nitrogens is 2. The van der Waals surface area contributed by atoms with E-state index in [1.54, 1.807) is 32.1 Å². The lowest BCUT2D eigenvalue weighted by atomic mass is 9.71. The van der Waals surface area contributed by atoms with Crippen LogP contribution in [0.4, 0.5) is 5.69 Å². The van der Waals surface area contributed by atoms with Gasteiger partial charge in [0, 0.05) is 23.8 Å². The summed E-state index contributed by atoms with van der Waals surface area (Å²) in [6.07, 6.45) is 1.62. The quantitative estimate of drug-likeness (QED) is 0.342. The Morgan fingerprint density at radius 2 is 1.82 bits per heavy atom. The summed E-state index contributed by atoms with van der Waals surface area (Å²) in [5, 5.41) is 45.2. The number of benzene rings is 2. The SMILES string of the molecule is CC(=O)c1c(O)c(C)c(O)c2c1OC1=Cc3c(c(C)nn3-c3ccc([NH+]([O-])O)cc3)C(=O)[C@@]12C. The number of hydrogen-bond acceptors (Lipinski definition) is 8. The van der Waals surface area contributed by atoms with Crippen LogP contribution in [0, 0.1) is 19.1 Å². The van der Waals surface area contributed by atoms with E-state index in [2.05, 4.69) is 5.10 Å². The Morgan fingerprint density at radius 1 is 1.18 bits per heavy atom. The number of allylic oxidation sites excluding steroid dienone is 1. The minimum atomic E-state index is -1.43. The van der Waals surface area contributed by atoms with Gasteiger partial charge in [-0.25, -0.2) is 9.89 Å². The first-order valence-corrected chi connectivity index (χ1v) is 10.5. The van der Waals surface area contributed by atoms with E-state index in [0.717, 1.165) is 0 Å². The largest absolute Gasteiger partial charge is 0.595 e. The molecule has 2 aliphatic rings. The predicted molar refractivity (Wildman–Crippen MR) is 119 cm³/mol. The van der Waals surface area contributed by atoms with Gasteiger partial charge in [0.15, 0.2) is 17.3 Å². The summed E-state index contributed by atoms with van der Waals surface area (Å²) in [7, 11) is 0. The van der Waals surface area contributed by atoms with Crippen LogP contribution in [0.15, 0.2) is 30.0 Å². The average Bonchev–Trinajstić information content (AvgIpc) is 3.27. The van der Waals surface area contributed by atoms with Gasteiger partial charge in [0.05, 0.1) is 28.2 Å². The fourth-order valence-corrected chi connectivity index (χ4v) is 4.73. The molecule has 10 nitrogen and oxygen atoms in total. The number of aromatic hydroxyl groups is 2. The van der Waals surface area contributed by atoms with Crippen LogP contribution in [0.5, 0.6) is 17.2 Å². The molecular formula is C24H21N3O7. The van der Waals surface area contributed by atoms with Gasteiger partial charge < -0.3 is 20.2 Å². The number of ketones is 2. The van der Waals surface area contributed by atoms with Crippen molar-refractivity contribution in [2.75, 3.05) is 0 Å². The van der Waals surface area contributed by atoms with E-state index in [-0.39, 0.29) is 45.4 Å². The van der Waals surface area contributed by atoms with Crippen LogP contribution in [0.2, 0.25) is 0 Å². The first kappa shape index (κ1) is 21.8. The molecule has 0 spiro atoms. The van der Waals surface area contributed by atoms with Gasteiger partial charge >= 0.3 is 0 Å². The second kappa shape index (κ2) is 7.00. The van der Waals surface area contributed by atoms with Crippen molar-refractivity contribution in [1.29, 1.82) is 0 Å². The maximum absolute atomic E-state index is 13.9. The molecule has 0 bridgehead atoms. The Morgan fingerprint density at radius 3 is 2.41 bits per heavy atom. The lowest BCUT2D eigenvalue weighted by Gasteiger charge is -2.27. The summed E-state index contributed by atoms with van der Waals surface area (Å²) in [5.74, 6) is -1.40. The Kier molecular flexibility index (Phi) is 4.50. The molecule has 0 saturated carbocycles. The highest BCUT2D eigenvalue weighted by Crippen LogP contribution is 2.58. The molecule has 0 fully saturated rings. The zero-order valence-corrected chi connectivity index (χ0v) is 18.8. The van der Waals surface area contributed by atoms with Gasteiger partial charge in [-0.3, -0.25) is 9.59 Å². The Labute approximate surface area is 193 Å². The van der Waals surface area contributed by atoms with E-state index in [0.29, 0.717) is 22.6 Å². The number of carbonyl (C=O) groups excluding carboxylic acids is 2. The zero-order valence-electron chi connectivity index (χ0n) is 18.8. The number of carbonyl (C=O) groups is 2. The highest BCUT2D eigenvalue weighted by Gasteiger charge is 2.55. The van der Waals surface area contributed by atoms with Gasteiger partial charge in [-0.2, -0.15) is 10.3 Å². The molecule has 2 heterocycles. The predicted octanol–water partition coefficient (Wildman–Crippen LogP) is 2.39. The first-order chi connectivity index (χ1) is 16.0. The Bertz CT molecular complexity index is 1450. The van der Waals surface area contributed by atoms with E-state index in [9.17, 15) is 25.0 Å². The maximum Gasteiger partial charge on any atom is 0.185 e. The number of ether oxygens (including phenoxy) is 1. The van der Waals surface area contributed by atoms with Crippen molar-refractivity contribution in [1.82, 2.24) is 9.78 Å². The van der Waals surface area contributed by atoms with Crippen molar-refractivity contribution in [3.8, 4) is 22.9 Å². The van der Waals surface area contributed by atoms with Crippen LogP contribution in [0.25, 0.3) is 11.8 Å². The highest BCUT2D eigenvalue weighted by atomic mass is 16.8. The molecule has 2 aromatic carbocycles. The van der Waals surface area contributed by atoms with Gasteiger partial charge in [-0.1, -0.05) is 0 Å². The summed E-state index contributed by atoms with van der Waals surface area (Å²) in [6, 6.07) is 6.04. The third-order valence-electron chi connectivity index (χ3n) is 6.60. The van der Waals surface area contributed by atoms with E-state index in [1.165, 1.54) is 30.7 Å². The zero-order chi connectivity index (χ0) is 24.7. The molecule has 4 N–H and O–H groups in total. The molecule has 34 heavy (non-hydrogen) atoms. The number of fused-ring (bicyclic) bond motifs is 4. The number of phenols is 2. The number of rotatable bonds is 3. The molecule has 3 aromatic rings. The molecule has 174 valence electrons. The van der Waals surface area contributed by atoms with Crippen LogP contribution in [0.1, 0.15) is 57.1 Å². The lowest BCUT2D eigenvalue weighted by Crippen LogP contribution is -2.99. The third-order valence-corrected chi connectivity index (χ3v) is 6.60. The molecule has 5 rings (SSSR count). The van der Waals surface area contributed by atoms with Crippen LogP contribution >= 0.6 is 0 Å². The van der Waals surface area contributed by atoms with Crippen molar-refractivity contribution < 1.29 is 35.0 Å². The van der Waals surface area contributed by atoms with Crippen molar-refractivity contribution in [3.05, 3.63) is 68.9 Å². The van der Waals surface area contributed by atoms with Gasteiger partial charge in [0.25, 0.3) is 0 Å². The molecular weight excluding hydrogens is 442 g/mol. The summed E-state index contributed by atoms with van der Waals surface area (Å²) < 4.78 is 7.50. The molecule has 1 unspecified atom stereocenters. The van der Waals surface area contributed by atoms with Crippen molar-refractivity contribution in [3.63, 3.8) is 0 Å². The minimum absolute atomic E-state index is 0.0386. The van der Waals surface area contributed by atoms with Crippen molar-refractivity contribution >= 4 is 23.3 Å². The van der Waals surface area contributed by atoms with Gasteiger partial charge in [0.2, 0.25) is 0 Å². The fourth-order valence-electron chi connectivity index (χ4n) is 4.73. The Balaban J connectivity index is 1.74. The smallest absolute Gasteiger partial charge is 0.185 e. The van der Waals surface area contributed by atoms with Crippen LogP contribution in [-0.2, 0) is 5.41 Å². The second-order valence-electron chi connectivity index (χ2n) is 8.63. The number of aryl methyl sites for hydroxylation is 1. The first-order valence-electron chi connectivity index (χ1n) is 10.5. The van der Waals surface area contributed by atoms with Crippen molar-refractivity contribution in [2.45, 2.75) is 33.1 Å². The summed E-state index contributed by atoms with van der Waals surface area (Å²) in [6.45, 7) is 6.02. The van der Waals surface area contributed by atoms with Crippen LogP contribution < -0.4 is 9.96 Å². The van der Waals surface area contributed by atoms with Gasteiger partial charge in [-0.05, 0) is 39.8 Å². The van der Waals surface area contributed by atoms with E-state index < -0.39 is 22.2 Å². The number of Topliss-reactive ketones (excluding diaryl/α,β-unsaturated/α-hetero) is 2. The number of quaternary nitrogens is 1. The summed E-state index contributed by atoms with van der Waals surface area (Å²) in [5.41, 5.74) is 0.526. The fraction of sp³-hybridized carbons (Fsp3) is 0.208. The highest BCUT2D eigenvalue weighted by molar-refractivity contribution is 6.14. The van der Waals surface area contributed by atoms with Crippen LogP contribution in [0.3, 0.4) is 0 Å². The number of hydrogen-bond donors (Lipinski definition) is 4. The Hall–Kier alpha value is -3.99. The molecule has 0 amide bonds. The molecule has 10 heteroatoms. The second-order valence-corrected chi connectivity index (χ2v) is 8.63. The molecule has 1 aliphatic heterocycles. The molecule has 0 radical (unpaired) electrons. The minimum Gasteiger partial charge on any atom is -0.595 e. The molecule has 1 aromatic heterocycles. The third kappa shape index (κ3) is 2.64. The summed E-state index contributed by atoms with van der Waals surface area (Å²) >= 11 is 0. The number of nitrogens with one attached hydrogen (secondary N) is 1. The van der Waals surface area contributed by atoms with Crippen LogP contribution in [-0.4, -0.2) is 36.8 Å². The van der Waals surface area contributed by atoms with E-state index in [4.69, 9.17) is 9.94 Å². The lowest BCUT2D eigenvalue weighted by molar-refractivity contribution is -0.991. The monoisotopic (exact) mass is 463 g/mol. The molecule has 0 saturated heterocycles. The maximum atomic E-state index is 13.9. The van der Waals surface area contributed by atoms with Crippen molar-refractivity contribution in [2.24, 2.45) is 0 Å². The molecule has 1 aliphatic carbocycles. The number of nitrogens with zero attached hydrogens (tertiary/aromatic N) is 2.